The van der Waals surface area contributed by atoms with Crippen molar-refractivity contribution >= 4 is 15.9 Å². The summed E-state index contributed by atoms with van der Waals surface area (Å²) in [5, 5.41) is 0. The van der Waals surface area contributed by atoms with E-state index in [1.807, 2.05) is 30.3 Å². The van der Waals surface area contributed by atoms with Crippen molar-refractivity contribution in [3.63, 3.8) is 0 Å². The number of carbonyl (C=O) groups is 1. The molecule has 1 aliphatic rings. The Morgan fingerprint density at radius 1 is 0.921 bits per heavy atom. The van der Waals surface area contributed by atoms with Crippen molar-refractivity contribution < 1.29 is 27.4 Å². The highest BCUT2D eigenvalue weighted by atomic mass is 32.2. The maximum absolute atomic E-state index is 14.3. The standard InChI is InChI=1S/C29H34N2O6S/c1-30-17-9-10-18-31(38(33,34)28-20-24(35-2)15-16-27(28)36-3)23(19-22-11-5-4-6-12-22)21-37-26-14-8-7-13-25(26)29(30)32/h4-8,11-16,20,23H,9-10,17-19,21H2,1-3H3/t23-/m0/s1. The maximum atomic E-state index is 14.3. The molecule has 0 unspecified atom stereocenters. The lowest BCUT2D eigenvalue weighted by Gasteiger charge is -2.32. The molecule has 0 saturated heterocycles. The normalized spacial score (nSPS) is 17.5. The summed E-state index contributed by atoms with van der Waals surface area (Å²) in [5.74, 6) is 0.973. The third-order valence-electron chi connectivity index (χ3n) is 6.70. The van der Waals surface area contributed by atoms with E-state index in [1.54, 1.807) is 48.3 Å². The van der Waals surface area contributed by atoms with Crippen LogP contribution < -0.4 is 14.2 Å². The third-order valence-corrected chi connectivity index (χ3v) is 8.67. The van der Waals surface area contributed by atoms with Gasteiger partial charge in [0.05, 0.1) is 25.8 Å². The van der Waals surface area contributed by atoms with Gasteiger partial charge in [0, 0.05) is 26.2 Å². The molecule has 3 aromatic carbocycles. The summed E-state index contributed by atoms with van der Waals surface area (Å²) >= 11 is 0. The quantitative estimate of drug-likeness (QED) is 0.467. The number of rotatable bonds is 6. The SMILES string of the molecule is COc1ccc(OC)c(S(=O)(=O)N2CCCCN(C)C(=O)c3ccccc3OC[C@@H]2Cc2ccccc2)c1. The summed E-state index contributed by atoms with van der Waals surface area (Å²) in [6, 6.07) is 21.0. The van der Waals surface area contributed by atoms with Gasteiger partial charge in [-0.25, -0.2) is 8.42 Å². The highest BCUT2D eigenvalue weighted by molar-refractivity contribution is 7.89. The van der Waals surface area contributed by atoms with Crippen LogP contribution in [0.3, 0.4) is 0 Å². The lowest BCUT2D eigenvalue weighted by atomic mass is 10.1. The number of nitrogens with zero attached hydrogens (tertiary/aromatic N) is 2. The van der Waals surface area contributed by atoms with Crippen LogP contribution >= 0.6 is 0 Å². The van der Waals surface area contributed by atoms with Gasteiger partial charge in [0.2, 0.25) is 10.0 Å². The molecule has 38 heavy (non-hydrogen) atoms. The van der Waals surface area contributed by atoms with E-state index in [9.17, 15) is 13.2 Å². The molecule has 0 aromatic heterocycles. The molecular weight excluding hydrogens is 504 g/mol. The van der Waals surface area contributed by atoms with Crippen LogP contribution in [0.2, 0.25) is 0 Å². The molecular formula is C29H34N2O6S. The van der Waals surface area contributed by atoms with E-state index in [-0.39, 0.29) is 29.7 Å². The van der Waals surface area contributed by atoms with E-state index in [1.165, 1.54) is 24.6 Å². The van der Waals surface area contributed by atoms with Crippen LogP contribution in [0.4, 0.5) is 0 Å². The third kappa shape index (κ3) is 6.11. The second kappa shape index (κ2) is 12.3. The minimum absolute atomic E-state index is 0.0391. The molecule has 1 amide bonds. The van der Waals surface area contributed by atoms with Gasteiger partial charge < -0.3 is 19.1 Å². The molecule has 8 nitrogen and oxygen atoms in total. The van der Waals surface area contributed by atoms with Crippen LogP contribution in [0.15, 0.2) is 77.7 Å². The van der Waals surface area contributed by atoms with E-state index in [0.717, 1.165) is 5.56 Å². The zero-order valence-corrected chi connectivity index (χ0v) is 22.8. The Bertz CT molecular complexity index is 1350. The van der Waals surface area contributed by atoms with Crippen LogP contribution in [0.1, 0.15) is 28.8 Å². The van der Waals surface area contributed by atoms with Crippen molar-refractivity contribution in [3.8, 4) is 17.2 Å². The zero-order chi connectivity index (χ0) is 27.1. The minimum Gasteiger partial charge on any atom is -0.497 e. The van der Waals surface area contributed by atoms with E-state index < -0.39 is 16.1 Å². The molecule has 0 aliphatic carbocycles. The average molecular weight is 539 g/mol. The molecule has 0 saturated carbocycles. The van der Waals surface area contributed by atoms with Crippen molar-refractivity contribution in [2.75, 3.05) is 41.0 Å². The Balaban J connectivity index is 1.79. The number of sulfonamides is 1. The predicted molar refractivity (Wildman–Crippen MR) is 146 cm³/mol. The highest BCUT2D eigenvalue weighted by Crippen LogP contribution is 2.33. The fraction of sp³-hybridized carbons (Fsp3) is 0.345. The number of methoxy groups -OCH3 is 2. The second-order valence-electron chi connectivity index (χ2n) is 9.22. The molecule has 4 rings (SSSR count). The summed E-state index contributed by atoms with van der Waals surface area (Å²) < 4.78 is 47.1. The first-order valence-electron chi connectivity index (χ1n) is 12.6. The topological polar surface area (TPSA) is 85.4 Å². The van der Waals surface area contributed by atoms with Crippen LogP contribution in [0.5, 0.6) is 17.2 Å². The fourth-order valence-electron chi connectivity index (χ4n) is 4.62. The first-order valence-corrected chi connectivity index (χ1v) is 14.0. The number of hydrogen-bond acceptors (Lipinski definition) is 6. The van der Waals surface area contributed by atoms with Crippen molar-refractivity contribution in [1.82, 2.24) is 9.21 Å². The molecule has 0 bridgehead atoms. The largest absolute Gasteiger partial charge is 0.497 e. The number of benzene rings is 3. The number of amides is 1. The van der Waals surface area contributed by atoms with Crippen LogP contribution in [0.25, 0.3) is 0 Å². The van der Waals surface area contributed by atoms with Gasteiger partial charge in [-0.15, -0.1) is 0 Å². The van der Waals surface area contributed by atoms with Gasteiger partial charge in [-0.3, -0.25) is 4.79 Å². The zero-order valence-electron chi connectivity index (χ0n) is 22.0. The van der Waals surface area contributed by atoms with E-state index in [2.05, 4.69) is 0 Å². The van der Waals surface area contributed by atoms with Crippen LogP contribution in [-0.4, -0.2) is 70.5 Å². The minimum atomic E-state index is -4.03. The Hall–Kier alpha value is -3.56. The van der Waals surface area contributed by atoms with Gasteiger partial charge in [-0.2, -0.15) is 4.31 Å². The second-order valence-corrected chi connectivity index (χ2v) is 11.1. The van der Waals surface area contributed by atoms with Gasteiger partial charge in [0.1, 0.15) is 28.8 Å². The van der Waals surface area contributed by atoms with E-state index in [0.29, 0.717) is 42.9 Å². The van der Waals surface area contributed by atoms with Crippen molar-refractivity contribution in [3.05, 3.63) is 83.9 Å². The molecule has 1 atom stereocenters. The van der Waals surface area contributed by atoms with Gasteiger partial charge in [-0.1, -0.05) is 42.5 Å². The smallest absolute Gasteiger partial charge is 0.257 e. The maximum Gasteiger partial charge on any atom is 0.257 e. The number of para-hydroxylation sites is 1. The number of fused-ring (bicyclic) bond motifs is 1. The van der Waals surface area contributed by atoms with Gasteiger partial charge >= 0.3 is 0 Å². The number of ether oxygens (including phenoxy) is 3. The molecule has 9 heteroatoms. The summed E-state index contributed by atoms with van der Waals surface area (Å²) in [5.41, 5.74) is 1.44. The average Bonchev–Trinajstić information content (AvgIpc) is 2.94. The monoisotopic (exact) mass is 538 g/mol. The number of hydrogen-bond donors (Lipinski definition) is 0. The Morgan fingerprint density at radius 3 is 2.37 bits per heavy atom. The van der Waals surface area contributed by atoms with Crippen LogP contribution in [-0.2, 0) is 16.4 Å². The lowest BCUT2D eigenvalue weighted by molar-refractivity contribution is 0.0781. The molecule has 0 N–H and O–H groups in total. The fourth-order valence-corrected chi connectivity index (χ4v) is 6.44. The molecule has 1 heterocycles. The van der Waals surface area contributed by atoms with Gasteiger partial charge in [0.15, 0.2) is 0 Å². The molecule has 1 aliphatic heterocycles. The molecule has 0 radical (unpaired) electrons. The molecule has 0 spiro atoms. The summed E-state index contributed by atoms with van der Waals surface area (Å²) in [4.78, 5) is 14.8. The Kier molecular flexibility index (Phi) is 8.91. The summed E-state index contributed by atoms with van der Waals surface area (Å²) in [6.07, 6.45) is 1.64. The highest BCUT2D eigenvalue weighted by Gasteiger charge is 2.35. The van der Waals surface area contributed by atoms with Gasteiger partial charge in [0.25, 0.3) is 5.91 Å². The summed E-state index contributed by atoms with van der Waals surface area (Å²) in [6.45, 7) is 0.814. The summed E-state index contributed by atoms with van der Waals surface area (Å²) in [7, 11) is 0.665. The molecule has 3 aromatic rings. The first kappa shape index (κ1) is 27.5. The molecule has 202 valence electrons. The Labute approximate surface area is 224 Å². The Morgan fingerprint density at radius 2 is 1.63 bits per heavy atom. The van der Waals surface area contributed by atoms with Crippen molar-refractivity contribution in [2.45, 2.75) is 30.2 Å². The van der Waals surface area contributed by atoms with E-state index >= 15 is 0 Å². The van der Waals surface area contributed by atoms with Crippen LogP contribution in [0, 0.1) is 0 Å². The van der Waals surface area contributed by atoms with Gasteiger partial charge in [-0.05, 0) is 49.1 Å². The van der Waals surface area contributed by atoms with E-state index in [4.69, 9.17) is 14.2 Å². The van der Waals surface area contributed by atoms with Crippen molar-refractivity contribution in [1.29, 1.82) is 0 Å². The lowest BCUT2D eigenvalue weighted by Crippen LogP contribution is -2.46. The number of carbonyl (C=O) groups excluding carboxylic acids is 1. The predicted octanol–water partition coefficient (Wildman–Crippen LogP) is 4.25. The molecule has 0 fully saturated rings. The van der Waals surface area contributed by atoms with Crippen molar-refractivity contribution in [2.24, 2.45) is 0 Å². The first-order chi connectivity index (χ1) is 18.3.